The van der Waals surface area contributed by atoms with E-state index in [4.69, 9.17) is 0 Å². The molecule has 1 saturated heterocycles. The van der Waals surface area contributed by atoms with Crippen molar-refractivity contribution in [1.29, 1.82) is 5.26 Å². The molecule has 1 aliphatic rings. The van der Waals surface area contributed by atoms with E-state index in [1.807, 2.05) is 0 Å². The Kier molecular flexibility index (Phi) is 5.73. The predicted octanol–water partition coefficient (Wildman–Crippen LogP) is 4.37. The van der Waals surface area contributed by atoms with Crippen molar-refractivity contribution < 1.29 is 13.7 Å². The SMILES string of the molecule is N#Cc1cc(NC2CCN(Cc3ccc(F)c(F)c3)CC2)nc2ccc([N+](=O)[O-])cc12. The number of anilines is 1. The standard InChI is InChI=1S/C22H19F2N5O2/c23-19-3-1-14(9-20(19)24)13-28-7-5-16(6-8-28)26-22-10-15(12-25)18-11-17(29(30)31)2-4-21(18)27-22/h1-4,9-11,16H,5-8,13H2,(H,26,27). The Morgan fingerprint density at radius 2 is 1.94 bits per heavy atom. The molecule has 158 valence electrons. The highest BCUT2D eigenvalue weighted by Gasteiger charge is 2.21. The summed E-state index contributed by atoms with van der Waals surface area (Å²) in [4.78, 5) is 17.2. The Morgan fingerprint density at radius 1 is 1.16 bits per heavy atom. The van der Waals surface area contributed by atoms with Crippen LogP contribution in [0.15, 0.2) is 42.5 Å². The van der Waals surface area contributed by atoms with E-state index in [1.54, 1.807) is 18.2 Å². The van der Waals surface area contributed by atoms with Crippen molar-refractivity contribution in [3.63, 3.8) is 0 Å². The molecule has 4 rings (SSSR count). The Labute approximate surface area is 177 Å². The third-order valence-corrected chi connectivity index (χ3v) is 5.45. The molecule has 1 N–H and O–H groups in total. The molecule has 0 unspecified atom stereocenters. The number of nitrogens with one attached hydrogen (secondary N) is 1. The summed E-state index contributed by atoms with van der Waals surface area (Å²) >= 11 is 0. The van der Waals surface area contributed by atoms with E-state index in [2.05, 4.69) is 21.3 Å². The average molecular weight is 423 g/mol. The maximum Gasteiger partial charge on any atom is 0.270 e. The molecule has 0 saturated carbocycles. The van der Waals surface area contributed by atoms with Crippen LogP contribution < -0.4 is 5.32 Å². The van der Waals surface area contributed by atoms with Crippen molar-refractivity contribution in [3.05, 3.63) is 75.3 Å². The monoisotopic (exact) mass is 423 g/mol. The lowest BCUT2D eigenvalue weighted by Gasteiger charge is -2.32. The zero-order valence-electron chi connectivity index (χ0n) is 16.5. The summed E-state index contributed by atoms with van der Waals surface area (Å²) < 4.78 is 26.5. The van der Waals surface area contributed by atoms with E-state index in [0.717, 1.165) is 37.6 Å². The molecular formula is C22H19F2N5O2. The van der Waals surface area contributed by atoms with E-state index in [9.17, 15) is 24.2 Å². The molecule has 1 aromatic heterocycles. The van der Waals surface area contributed by atoms with Crippen molar-refractivity contribution in [2.75, 3.05) is 18.4 Å². The van der Waals surface area contributed by atoms with Gasteiger partial charge in [-0.25, -0.2) is 13.8 Å². The van der Waals surface area contributed by atoms with Crippen LogP contribution in [0.5, 0.6) is 0 Å². The number of piperidine rings is 1. The van der Waals surface area contributed by atoms with Gasteiger partial charge >= 0.3 is 0 Å². The zero-order chi connectivity index (χ0) is 22.0. The molecule has 9 heteroatoms. The van der Waals surface area contributed by atoms with Gasteiger partial charge in [-0.15, -0.1) is 0 Å². The maximum absolute atomic E-state index is 13.4. The number of fused-ring (bicyclic) bond motifs is 1. The summed E-state index contributed by atoms with van der Waals surface area (Å²) in [7, 11) is 0. The van der Waals surface area contributed by atoms with Crippen LogP contribution in [0, 0.1) is 33.1 Å². The first-order valence-corrected chi connectivity index (χ1v) is 9.85. The summed E-state index contributed by atoms with van der Waals surface area (Å²) in [5, 5.41) is 24.3. The first-order valence-electron chi connectivity index (χ1n) is 9.85. The highest BCUT2D eigenvalue weighted by Crippen LogP contribution is 2.26. The third-order valence-electron chi connectivity index (χ3n) is 5.45. The van der Waals surface area contributed by atoms with Crippen LogP contribution in [-0.2, 0) is 6.54 Å². The van der Waals surface area contributed by atoms with Gasteiger partial charge in [0.05, 0.1) is 22.1 Å². The smallest absolute Gasteiger partial charge is 0.270 e. The number of nitrogens with zero attached hydrogens (tertiary/aromatic N) is 4. The van der Waals surface area contributed by atoms with Gasteiger partial charge in [0.15, 0.2) is 11.6 Å². The van der Waals surface area contributed by atoms with Gasteiger partial charge in [-0.3, -0.25) is 15.0 Å². The Bertz CT molecular complexity index is 1190. The number of halogens is 2. The number of hydrogen-bond donors (Lipinski definition) is 1. The molecule has 0 bridgehead atoms. The number of non-ortho nitro benzene ring substituents is 1. The van der Waals surface area contributed by atoms with Crippen LogP contribution in [0.4, 0.5) is 20.3 Å². The van der Waals surface area contributed by atoms with E-state index >= 15 is 0 Å². The highest BCUT2D eigenvalue weighted by molar-refractivity contribution is 5.88. The molecule has 2 aromatic carbocycles. The van der Waals surface area contributed by atoms with Gasteiger partial charge in [0, 0.05) is 43.2 Å². The molecule has 31 heavy (non-hydrogen) atoms. The van der Waals surface area contributed by atoms with Crippen molar-refractivity contribution in [2.24, 2.45) is 0 Å². The summed E-state index contributed by atoms with van der Waals surface area (Å²) in [5.74, 6) is -1.13. The lowest BCUT2D eigenvalue weighted by molar-refractivity contribution is -0.384. The number of nitriles is 1. The van der Waals surface area contributed by atoms with E-state index < -0.39 is 16.6 Å². The molecule has 1 aliphatic heterocycles. The highest BCUT2D eigenvalue weighted by atomic mass is 19.2. The Morgan fingerprint density at radius 3 is 2.61 bits per heavy atom. The normalized spacial score (nSPS) is 15.0. The summed E-state index contributed by atoms with van der Waals surface area (Å²) in [6.45, 7) is 2.11. The summed E-state index contributed by atoms with van der Waals surface area (Å²) in [5.41, 5.74) is 1.49. The maximum atomic E-state index is 13.4. The number of nitro benzene ring substituents is 1. The number of aromatic nitrogens is 1. The second-order valence-corrected chi connectivity index (χ2v) is 7.57. The third kappa shape index (κ3) is 4.59. The van der Waals surface area contributed by atoms with Crippen LogP contribution in [0.25, 0.3) is 10.9 Å². The Balaban J connectivity index is 1.42. The first-order chi connectivity index (χ1) is 14.9. The van der Waals surface area contributed by atoms with Gasteiger partial charge in [0.2, 0.25) is 0 Å². The van der Waals surface area contributed by atoms with Gasteiger partial charge in [0.1, 0.15) is 5.82 Å². The van der Waals surface area contributed by atoms with Crippen LogP contribution >= 0.6 is 0 Å². The summed E-state index contributed by atoms with van der Waals surface area (Å²) in [6, 6.07) is 12.1. The van der Waals surface area contributed by atoms with Gasteiger partial charge < -0.3 is 5.32 Å². The fraction of sp³-hybridized carbons (Fsp3) is 0.273. The number of likely N-dealkylation sites (tertiary alicyclic amines) is 1. The van der Waals surface area contributed by atoms with Gasteiger partial charge in [-0.1, -0.05) is 6.07 Å². The number of hydrogen-bond acceptors (Lipinski definition) is 6. The minimum Gasteiger partial charge on any atom is -0.367 e. The van der Waals surface area contributed by atoms with Crippen molar-refractivity contribution in [2.45, 2.75) is 25.4 Å². The van der Waals surface area contributed by atoms with Gasteiger partial charge in [-0.2, -0.15) is 5.26 Å². The topological polar surface area (TPSA) is 95.1 Å². The number of nitro groups is 1. The quantitative estimate of drug-likeness (QED) is 0.484. The fourth-order valence-corrected chi connectivity index (χ4v) is 3.83. The van der Waals surface area contributed by atoms with Gasteiger partial charge in [-0.05, 0) is 42.7 Å². The van der Waals surface area contributed by atoms with Crippen LogP contribution in [-0.4, -0.2) is 33.9 Å². The van der Waals surface area contributed by atoms with Crippen LogP contribution in [0.3, 0.4) is 0 Å². The molecule has 7 nitrogen and oxygen atoms in total. The Hall–Kier alpha value is -3.64. The second kappa shape index (κ2) is 8.62. The number of rotatable bonds is 5. The lowest BCUT2D eigenvalue weighted by Crippen LogP contribution is -2.38. The molecule has 1 fully saturated rings. The predicted molar refractivity (Wildman–Crippen MR) is 111 cm³/mol. The van der Waals surface area contributed by atoms with E-state index in [1.165, 1.54) is 18.2 Å². The van der Waals surface area contributed by atoms with Crippen molar-refractivity contribution >= 4 is 22.4 Å². The van der Waals surface area contributed by atoms with Crippen LogP contribution in [0.1, 0.15) is 24.0 Å². The molecular weight excluding hydrogens is 404 g/mol. The molecule has 0 aliphatic carbocycles. The molecule has 0 spiro atoms. The molecule has 0 radical (unpaired) electrons. The van der Waals surface area contributed by atoms with Gasteiger partial charge in [0.25, 0.3) is 5.69 Å². The molecule has 2 heterocycles. The molecule has 0 atom stereocenters. The largest absolute Gasteiger partial charge is 0.367 e. The number of pyridine rings is 1. The molecule has 0 amide bonds. The van der Waals surface area contributed by atoms with Crippen molar-refractivity contribution in [3.8, 4) is 6.07 Å². The molecule has 3 aromatic rings. The van der Waals surface area contributed by atoms with E-state index in [-0.39, 0.29) is 11.7 Å². The first kappa shape index (κ1) is 20.6. The zero-order valence-corrected chi connectivity index (χ0v) is 16.5. The summed E-state index contributed by atoms with van der Waals surface area (Å²) in [6.07, 6.45) is 1.65. The second-order valence-electron chi connectivity index (χ2n) is 7.57. The van der Waals surface area contributed by atoms with Crippen molar-refractivity contribution in [1.82, 2.24) is 9.88 Å². The fourth-order valence-electron chi connectivity index (χ4n) is 3.83. The number of benzene rings is 2. The minimum atomic E-state index is -0.846. The lowest BCUT2D eigenvalue weighted by atomic mass is 10.0. The average Bonchev–Trinajstić information content (AvgIpc) is 2.76. The van der Waals surface area contributed by atoms with E-state index in [0.29, 0.717) is 28.8 Å². The minimum absolute atomic E-state index is 0.0834. The van der Waals surface area contributed by atoms with Crippen LogP contribution in [0.2, 0.25) is 0 Å².